The van der Waals surface area contributed by atoms with Crippen LogP contribution in [0.4, 0.5) is 4.39 Å². The molecule has 1 amide bonds. The van der Waals surface area contributed by atoms with Crippen molar-refractivity contribution < 1.29 is 23.3 Å². The fraction of sp³-hybridized carbons (Fsp3) is 0.385. The molecule has 0 aliphatic heterocycles. The summed E-state index contributed by atoms with van der Waals surface area (Å²) in [5.41, 5.74) is -0.500. The molecule has 1 rings (SSSR count). The van der Waals surface area contributed by atoms with E-state index in [0.29, 0.717) is 6.42 Å². The quantitative estimate of drug-likeness (QED) is 0.864. The largest absolute Gasteiger partial charge is 0.478 e. The zero-order chi connectivity index (χ0) is 15.3. The van der Waals surface area contributed by atoms with E-state index in [4.69, 9.17) is 5.11 Å². The van der Waals surface area contributed by atoms with Gasteiger partial charge in [0.15, 0.2) is 0 Å². The Morgan fingerprint density at radius 3 is 2.55 bits per heavy atom. The lowest BCUT2D eigenvalue weighted by Crippen LogP contribution is -2.21. The maximum absolute atomic E-state index is 13.2. The summed E-state index contributed by atoms with van der Waals surface area (Å²) < 4.78 is 25.2. The zero-order valence-corrected chi connectivity index (χ0v) is 12.1. The summed E-state index contributed by atoms with van der Waals surface area (Å²) in [6.07, 6.45) is 0.690. The number of aromatic carboxylic acids is 1. The molecule has 20 heavy (non-hydrogen) atoms. The summed E-state index contributed by atoms with van der Waals surface area (Å²) in [6, 6.07) is 3.36. The number of carbonyl (C=O) groups excluding carboxylic acids is 1. The van der Waals surface area contributed by atoms with Gasteiger partial charge < -0.3 is 10.0 Å². The molecule has 0 aliphatic rings. The Morgan fingerprint density at radius 2 is 2.00 bits per heavy atom. The lowest BCUT2D eigenvalue weighted by molar-refractivity contribution is -0.128. The number of rotatable bonds is 6. The van der Waals surface area contributed by atoms with Crippen LogP contribution in [0.25, 0.3) is 0 Å². The number of carboxylic acid groups (broad SMARTS) is 1. The fourth-order valence-corrected chi connectivity index (χ4v) is 2.62. The Bertz CT molecular complexity index is 545. The summed E-state index contributed by atoms with van der Waals surface area (Å²) in [5, 5.41) is 8.79. The molecule has 5 nitrogen and oxygen atoms in total. The second-order valence-corrected chi connectivity index (χ2v) is 5.96. The summed E-state index contributed by atoms with van der Waals surface area (Å²) in [5.74, 6) is -2.10. The highest BCUT2D eigenvalue weighted by Gasteiger charge is 2.14. The van der Waals surface area contributed by atoms with Gasteiger partial charge in [0.05, 0.1) is 16.4 Å². The van der Waals surface area contributed by atoms with Crippen molar-refractivity contribution >= 4 is 22.7 Å². The Hall–Kier alpha value is -1.76. The van der Waals surface area contributed by atoms with Gasteiger partial charge in [0, 0.05) is 31.2 Å². The van der Waals surface area contributed by atoms with Crippen molar-refractivity contribution in [3.63, 3.8) is 0 Å². The number of hydrogen-bond donors (Lipinski definition) is 1. The molecule has 0 spiro atoms. The predicted molar refractivity (Wildman–Crippen MR) is 72.6 cm³/mol. The van der Waals surface area contributed by atoms with Gasteiger partial charge >= 0.3 is 5.97 Å². The first-order valence-electron chi connectivity index (χ1n) is 5.94. The van der Waals surface area contributed by atoms with Gasteiger partial charge in [0.1, 0.15) is 5.82 Å². The van der Waals surface area contributed by atoms with E-state index in [2.05, 4.69) is 0 Å². The Labute approximate surface area is 118 Å². The topological polar surface area (TPSA) is 74.7 Å². The lowest BCUT2D eigenvalue weighted by atomic mass is 10.2. The molecule has 1 aromatic rings. The fourth-order valence-electron chi connectivity index (χ4n) is 1.51. The molecule has 0 saturated heterocycles. The highest BCUT2D eigenvalue weighted by molar-refractivity contribution is 7.85. The highest BCUT2D eigenvalue weighted by Crippen LogP contribution is 2.15. The van der Waals surface area contributed by atoms with E-state index in [0.717, 1.165) is 12.1 Å². The van der Waals surface area contributed by atoms with Crippen molar-refractivity contribution in [2.45, 2.75) is 17.7 Å². The first-order chi connectivity index (χ1) is 9.32. The second-order valence-electron chi connectivity index (χ2n) is 4.39. The van der Waals surface area contributed by atoms with Gasteiger partial charge in [-0.05, 0) is 24.6 Å². The number of carbonyl (C=O) groups is 2. The van der Waals surface area contributed by atoms with Gasteiger partial charge in [-0.25, -0.2) is 9.18 Å². The van der Waals surface area contributed by atoms with Crippen molar-refractivity contribution in [1.29, 1.82) is 0 Å². The third kappa shape index (κ3) is 4.41. The summed E-state index contributed by atoms with van der Waals surface area (Å²) in [4.78, 5) is 23.8. The predicted octanol–water partition coefficient (Wildman–Crippen LogP) is 1.50. The van der Waals surface area contributed by atoms with Crippen molar-refractivity contribution in [3.05, 3.63) is 29.6 Å². The molecule has 0 fully saturated rings. The third-order valence-corrected chi connectivity index (χ3v) is 4.09. The van der Waals surface area contributed by atoms with E-state index in [-0.39, 0.29) is 23.0 Å². The van der Waals surface area contributed by atoms with E-state index in [1.54, 1.807) is 14.1 Å². The average Bonchev–Trinajstić information content (AvgIpc) is 2.38. The number of carboxylic acids is 1. The highest BCUT2D eigenvalue weighted by atomic mass is 32.2. The lowest BCUT2D eigenvalue weighted by Gasteiger charge is -2.09. The Kier molecular flexibility index (Phi) is 5.82. The van der Waals surface area contributed by atoms with E-state index >= 15 is 0 Å². The minimum Gasteiger partial charge on any atom is -0.478 e. The van der Waals surface area contributed by atoms with Gasteiger partial charge in [-0.1, -0.05) is 0 Å². The molecule has 0 saturated carbocycles. The SMILES string of the molecule is CN(C)C(=O)CCCS(=O)c1ccc(F)c(C(=O)O)c1. The van der Waals surface area contributed by atoms with Crippen LogP contribution in [-0.4, -0.2) is 45.9 Å². The van der Waals surface area contributed by atoms with Gasteiger partial charge in [-0.3, -0.25) is 9.00 Å². The van der Waals surface area contributed by atoms with Crippen LogP contribution in [0.2, 0.25) is 0 Å². The maximum Gasteiger partial charge on any atom is 0.338 e. The van der Waals surface area contributed by atoms with Crippen LogP contribution in [-0.2, 0) is 15.6 Å². The van der Waals surface area contributed by atoms with Crippen molar-refractivity contribution in [2.24, 2.45) is 0 Å². The van der Waals surface area contributed by atoms with Gasteiger partial charge in [0.25, 0.3) is 0 Å². The standard InChI is InChI=1S/C13H16FNO4S/c1-15(2)12(16)4-3-7-20(19)9-5-6-11(14)10(8-9)13(17)18/h5-6,8H,3-4,7H2,1-2H3,(H,17,18). The molecule has 0 radical (unpaired) electrons. The van der Waals surface area contributed by atoms with E-state index in [1.165, 1.54) is 11.0 Å². The molecule has 0 aliphatic carbocycles. The van der Waals surface area contributed by atoms with Crippen LogP contribution in [0.3, 0.4) is 0 Å². The average molecular weight is 301 g/mol. The Balaban J connectivity index is 2.67. The monoisotopic (exact) mass is 301 g/mol. The van der Waals surface area contributed by atoms with Gasteiger partial charge in [-0.15, -0.1) is 0 Å². The molecule has 110 valence electrons. The smallest absolute Gasteiger partial charge is 0.338 e. The van der Waals surface area contributed by atoms with Crippen molar-refractivity contribution in [2.75, 3.05) is 19.8 Å². The van der Waals surface area contributed by atoms with E-state index < -0.39 is 28.1 Å². The molecular formula is C13H16FNO4S. The third-order valence-electron chi connectivity index (χ3n) is 2.65. The molecule has 1 aromatic carbocycles. The van der Waals surface area contributed by atoms with E-state index in [9.17, 15) is 18.2 Å². The summed E-state index contributed by atoms with van der Waals surface area (Å²) in [7, 11) is 1.83. The number of halogens is 1. The number of amides is 1. The first kappa shape index (κ1) is 16.3. The Morgan fingerprint density at radius 1 is 1.35 bits per heavy atom. The molecule has 1 atom stereocenters. The van der Waals surface area contributed by atoms with Crippen LogP contribution in [0.15, 0.2) is 23.1 Å². The van der Waals surface area contributed by atoms with Gasteiger partial charge in [-0.2, -0.15) is 0 Å². The zero-order valence-electron chi connectivity index (χ0n) is 11.3. The number of benzene rings is 1. The summed E-state index contributed by atoms with van der Waals surface area (Å²) in [6.45, 7) is 0. The van der Waals surface area contributed by atoms with Gasteiger partial charge in [0.2, 0.25) is 5.91 Å². The van der Waals surface area contributed by atoms with Crippen LogP contribution in [0, 0.1) is 5.82 Å². The summed E-state index contributed by atoms with van der Waals surface area (Å²) >= 11 is 0. The molecule has 0 bridgehead atoms. The van der Waals surface area contributed by atoms with Crippen LogP contribution >= 0.6 is 0 Å². The molecule has 0 aromatic heterocycles. The van der Waals surface area contributed by atoms with E-state index in [1.807, 2.05) is 0 Å². The first-order valence-corrected chi connectivity index (χ1v) is 7.26. The van der Waals surface area contributed by atoms with Crippen LogP contribution < -0.4 is 0 Å². The normalized spacial score (nSPS) is 11.9. The number of hydrogen-bond acceptors (Lipinski definition) is 3. The second kappa shape index (κ2) is 7.14. The van der Waals surface area contributed by atoms with Crippen molar-refractivity contribution in [1.82, 2.24) is 4.90 Å². The minimum atomic E-state index is -1.45. The molecule has 1 unspecified atom stereocenters. The van der Waals surface area contributed by atoms with Crippen molar-refractivity contribution in [3.8, 4) is 0 Å². The maximum atomic E-state index is 13.2. The van der Waals surface area contributed by atoms with Crippen LogP contribution in [0.5, 0.6) is 0 Å². The minimum absolute atomic E-state index is 0.0627. The molecule has 7 heteroatoms. The molecular weight excluding hydrogens is 285 g/mol. The molecule has 1 N–H and O–H groups in total. The van der Waals surface area contributed by atoms with Crippen LogP contribution in [0.1, 0.15) is 23.2 Å². The molecule has 0 heterocycles. The number of nitrogens with zero attached hydrogens (tertiary/aromatic N) is 1.